The van der Waals surface area contributed by atoms with Crippen molar-refractivity contribution >= 4 is 18.0 Å². The molecule has 7 heteroatoms. The molecule has 2 atom stereocenters. The van der Waals surface area contributed by atoms with E-state index in [2.05, 4.69) is 20.8 Å². The number of esters is 1. The van der Waals surface area contributed by atoms with E-state index in [-0.39, 0.29) is 42.2 Å². The molecule has 1 aromatic carbocycles. The largest absolute Gasteiger partial charge is 0.507 e. The number of aromatic hydroxyl groups is 1. The predicted octanol–water partition coefficient (Wildman–Crippen LogP) is 4.80. The summed E-state index contributed by atoms with van der Waals surface area (Å²) in [5.41, 5.74) is -0.0635. The molecule has 2 N–H and O–H groups in total. The number of rotatable bonds is 10. The second kappa shape index (κ2) is 12.4. The van der Waals surface area contributed by atoms with Crippen LogP contribution in [0.2, 0.25) is 0 Å². The molecule has 196 valence electrons. The molecule has 1 aliphatic rings. The zero-order chi connectivity index (χ0) is 26.2. The molecule has 1 aliphatic heterocycles. The summed E-state index contributed by atoms with van der Waals surface area (Å²) in [5, 5.41) is 20.5. The van der Waals surface area contributed by atoms with Gasteiger partial charge in [0.15, 0.2) is 0 Å². The van der Waals surface area contributed by atoms with Crippen molar-refractivity contribution in [2.45, 2.75) is 73.3 Å². The van der Waals surface area contributed by atoms with Gasteiger partial charge in [0.1, 0.15) is 30.8 Å². The van der Waals surface area contributed by atoms with Gasteiger partial charge in [-0.05, 0) is 69.1 Å². The van der Waals surface area contributed by atoms with E-state index in [1.807, 2.05) is 25.7 Å². The third kappa shape index (κ3) is 9.21. The third-order valence-electron chi connectivity index (χ3n) is 6.60. The molecule has 0 radical (unpaired) electrons. The van der Waals surface area contributed by atoms with Gasteiger partial charge in [-0.15, -0.1) is 0 Å². The molecule has 1 aromatic rings. The summed E-state index contributed by atoms with van der Waals surface area (Å²) in [6.07, 6.45) is 6.14. The topological polar surface area (TPSA) is 96.3 Å². The van der Waals surface area contributed by atoms with Crippen LogP contribution < -0.4 is 4.74 Å². The van der Waals surface area contributed by atoms with Crippen LogP contribution in [0.5, 0.6) is 11.5 Å². The highest BCUT2D eigenvalue weighted by Crippen LogP contribution is 2.37. The van der Waals surface area contributed by atoms with Gasteiger partial charge in [-0.1, -0.05) is 27.7 Å². The van der Waals surface area contributed by atoms with Crippen LogP contribution >= 0.6 is 0 Å². The highest BCUT2D eigenvalue weighted by Gasteiger charge is 2.37. The molecule has 2 unspecified atom stereocenters. The summed E-state index contributed by atoms with van der Waals surface area (Å²) in [4.78, 5) is 26.7. The minimum Gasteiger partial charge on any atom is -0.507 e. The Kier molecular flexibility index (Phi) is 10.2. The number of carbonyl (C=O) groups is 2. The second-order valence-corrected chi connectivity index (χ2v) is 11.4. The third-order valence-corrected chi connectivity index (χ3v) is 6.60. The van der Waals surface area contributed by atoms with Crippen LogP contribution in [0.25, 0.3) is 6.08 Å². The van der Waals surface area contributed by atoms with E-state index in [9.17, 15) is 19.8 Å². The number of carbonyl (C=O) groups excluding carboxylic acids is 2. The molecule has 0 bridgehead atoms. The Bertz CT molecular complexity index is 880. The maximum absolute atomic E-state index is 12.6. The van der Waals surface area contributed by atoms with Crippen molar-refractivity contribution in [2.24, 2.45) is 16.7 Å². The van der Waals surface area contributed by atoms with E-state index in [0.29, 0.717) is 11.3 Å². The van der Waals surface area contributed by atoms with Crippen LogP contribution in [-0.2, 0) is 14.3 Å². The van der Waals surface area contributed by atoms with Gasteiger partial charge in [0, 0.05) is 30.8 Å². The molecule has 35 heavy (non-hydrogen) atoms. The number of phenols is 1. The van der Waals surface area contributed by atoms with Crippen LogP contribution in [0.4, 0.5) is 0 Å². The van der Waals surface area contributed by atoms with Crippen molar-refractivity contribution in [1.29, 1.82) is 0 Å². The zero-order valence-electron chi connectivity index (χ0n) is 22.2. The number of aliphatic hydroxyl groups is 1. The molecule has 2 rings (SSSR count). The fraction of sp³-hybridized carbons (Fsp3) is 0.643. The highest BCUT2D eigenvalue weighted by atomic mass is 16.5. The summed E-state index contributed by atoms with van der Waals surface area (Å²) in [6.45, 7) is 13.5. The number of benzene rings is 1. The number of aliphatic hydroxyl groups excluding tert-OH is 1. The first-order valence-electron chi connectivity index (χ1n) is 12.6. The fourth-order valence-electron chi connectivity index (χ4n) is 4.11. The number of hydrogen-bond acceptors (Lipinski definition) is 6. The molecule has 0 aromatic heterocycles. The van der Waals surface area contributed by atoms with Gasteiger partial charge < -0.3 is 24.6 Å². The number of ether oxygens (including phenoxy) is 2. The van der Waals surface area contributed by atoms with E-state index < -0.39 is 11.5 Å². The molecule has 0 aliphatic carbocycles. The standard InChI is InChI=1S/C28H43NO6/c1-20(17-27(2,3)4)28(5,6)26(33)35-19-22(30)18-34-23-12-10-21(24(31)16-23)11-13-25(32)29-14-8-7-9-15-29/h10-13,16,20,22,30-31H,7-9,14-15,17-19H2,1-6H3/b13-11+. The van der Waals surface area contributed by atoms with Crippen molar-refractivity contribution in [3.8, 4) is 11.5 Å². The Morgan fingerprint density at radius 3 is 2.34 bits per heavy atom. The normalized spacial score (nSPS) is 16.7. The lowest BCUT2D eigenvalue weighted by molar-refractivity contribution is -0.161. The molecular weight excluding hydrogens is 446 g/mol. The summed E-state index contributed by atoms with van der Waals surface area (Å²) in [7, 11) is 0. The molecule has 1 amide bonds. The lowest BCUT2D eigenvalue weighted by Gasteiger charge is -2.34. The molecule has 1 fully saturated rings. The Morgan fingerprint density at radius 2 is 1.74 bits per heavy atom. The first-order valence-corrected chi connectivity index (χ1v) is 12.6. The Labute approximate surface area is 210 Å². The maximum atomic E-state index is 12.6. The minimum absolute atomic E-state index is 0.0271. The van der Waals surface area contributed by atoms with Gasteiger partial charge in [-0.3, -0.25) is 9.59 Å². The van der Waals surface area contributed by atoms with Crippen LogP contribution in [0.15, 0.2) is 24.3 Å². The van der Waals surface area contributed by atoms with Gasteiger partial charge in [0.25, 0.3) is 0 Å². The number of hydrogen-bond donors (Lipinski definition) is 2. The average molecular weight is 490 g/mol. The maximum Gasteiger partial charge on any atom is 0.311 e. The Hall–Kier alpha value is -2.54. The summed E-state index contributed by atoms with van der Waals surface area (Å²) in [6, 6.07) is 4.73. The Balaban J connectivity index is 1.82. The average Bonchev–Trinajstić information content (AvgIpc) is 2.79. The van der Waals surface area contributed by atoms with Crippen molar-refractivity contribution < 1.29 is 29.3 Å². The smallest absolute Gasteiger partial charge is 0.311 e. The van der Waals surface area contributed by atoms with Gasteiger partial charge in [-0.2, -0.15) is 0 Å². The fourth-order valence-corrected chi connectivity index (χ4v) is 4.11. The second-order valence-electron chi connectivity index (χ2n) is 11.4. The molecular formula is C28H43NO6. The van der Waals surface area contributed by atoms with E-state index >= 15 is 0 Å². The molecule has 0 spiro atoms. The lowest BCUT2D eigenvalue weighted by Crippen LogP contribution is -2.37. The van der Waals surface area contributed by atoms with Gasteiger partial charge in [-0.25, -0.2) is 0 Å². The quantitative estimate of drug-likeness (QED) is 0.362. The molecule has 1 heterocycles. The first-order chi connectivity index (χ1) is 16.3. The van der Waals surface area contributed by atoms with Crippen molar-refractivity contribution in [3.63, 3.8) is 0 Å². The number of phenolic OH excluding ortho intramolecular Hbond substituents is 1. The highest BCUT2D eigenvalue weighted by molar-refractivity contribution is 5.92. The van der Waals surface area contributed by atoms with E-state index in [1.165, 1.54) is 12.1 Å². The Morgan fingerprint density at radius 1 is 1.09 bits per heavy atom. The predicted molar refractivity (Wildman–Crippen MR) is 137 cm³/mol. The number of likely N-dealkylation sites (tertiary alicyclic amines) is 1. The number of amides is 1. The summed E-state index contributed by atoms with van der Waals surface area (Å²) < 4.78 is 10.9. The SMILES string of the molecule is CC(CC(C)(C)C)C(C)(C)C(=O)OCC(O)COc1ccc(/C=C/C(=O)N2CCCCC2)c(O)c1. The van der Waals surface area contributed by atoms with Crippen molar-refractivity contribution in [1.82, 2.24) is 4.90 Å². The first kappa shape index (κ1) is 28.7. The minimum atomic E-state index is -1.00. The summed E-state index contributed by atoms with van der Waals surface area (Å²) >= 11 is 0. The van der Waals surface area contributed by atoms with E-state index in [0.717, 1.165) is 38.8 Å². The van der Waals surface area contributed by atoms with E-state index in [4.69, 9.17) is 9.47 Å². The molecule has 1 saturated heterocycles. The van der Waals surface area contributed by atoms with Gasteiger partial charge >= 0.3 is 5.97 Å². The summed E-state index contributed by atoms with van der Waals surface area (Å²) in [5.74, 6) is 0.0561. The van der Waals surface area contributed by atoms with Gasteiger partial charge in [0.2, 0.25) is 5.91 Å². The van der Waals surface area contributed by atoms with Crippen LogP contribution in [0.1, 0.15) is 72.8 Å². The monoisotopic (exact) mass is 489 g/mol. The molecule has 0 saturated carbocycles. The van der Waals surface area contributed by atoms with Crippen molar-refractivity contribution in [2.75, 3.05) is 26.3 Å². The van der Waals surface area contributed by atoms with Crippen LogP contribution in [0.3, 0.4) is 0 Å². The van der Waals surface area contributed by atoms with Crippen LogP contribution in [0, 0.1) is 16.7 Å². The zero-order valence-corrected chi connectivity index (χ0v) is 22.2. The van der Waals surface area contributed by atoms with Crippen LogP contribution in [-0.4, -0.2) is 59.4 Å². The number of nitrogens with zero attached hydrogens (tertiary/aromatic N) is 1. The van der Waals surface area contributed by atoms with E-state index in [1.54, 1.807) is 18.2 Å². The lowest BCUT2D eigenvalue weighted by atomic mass is 9.72. The number of piperidine rings is 1. The van der Waals surface area contributed by atoms with Crippen molar-refractivity contribution in [3.05, 3.63) is 29.8 Å². The molecule has 7 nitrogen and oxygen atoms in total. The van der Waals surface area contributed by atoms with Gasteiger partial charge in [0.05, 0.1) is 5.41 Å².